The van der Waals surface area contributed by atoms with E-state index in [9.17, 15) is 13.2 Å². The van der Waals surface area contributed by atoms with Gasteiger partial charge in [0.2, 0.25) is 0 Å². The molecular weight excluding hydrogens is 291 g/mol. The molecule has 2 aromatic rings. The monoisotopic (exact) mass is 309 g/mol. The second kappa shape index (κ2) is 5.76. The molecular formula is C16H18F3N3. The summed E-state index contributed by atoms with van der Waals surface area (Å²) in [6, 6.07) is 1.70. The van der Waals surface area contributed by atoms with Gasteiger partial charge in [-0.25, -0.2) is 13.2 Å². The predicted octanol–water partition coefficient (Wildman–Crippen LogP) is 3.43. The Kier molecular flexibility index (Phi) is 3.95. The van der Waals surface area contributed by atoms with Gasteiger partial charge in [-0.15, -0.1) is 0 Å². The molecule has 1 aliphatic rings. The fraction of sp³-hybridized carbons (Fsp3) is 0.438. The van der Waals surface area contributed by atoms with Gasteiger partial charge in [-0.05, 0) is 38.4 Å². The summed E-state index contributed by atoms with van der Waals surface area (Å²) in [5, 5.41) is 7.10. The lowest BCUT2D eigenvalue weighted by Gasteiger charge is -2.17. The van der Waals surface area contributed by atoms with Gasteiger partial charge in [-0.2, -0.15) is 5.10 Å². The van der Waals surface area contributed by atoms with Crippen molar-refractivity contribution >= 4 is 0 Å². The van der Waals surface area contributed by atoms with E-state index in [0.29, 0.717) is 25.6 Å². The van der Waals surface area contributed by atoms with Crippen LogP contribution in [-0.4, -0.2) is 28.2 Å². The molecule has 0 bridgehead atoms. The molecule has 1 atom stereocenters. The number of nitrogens with one attached hydrogen (secondary N) is 1. The Morgan fingerprint density at radius 2 is 2.05 bits per heavy atom. The average molecular weight is 309 g/mol. The number of halogens is 3. The number of aryl methyl sites for hydroxylation is 2. The Morgan fingerprint density at radius 1 is 1.27 bits per heavy atom. The van der Waals surface area contributed by atoms with Gasteiger partial charge in [0, 0.05) is 36.3 Å². The molecule has 2 heterocycles. The molecule has 0 aliphatic carbocycles. The zero-order valence-electron chi connectivity index (χ0n) is 12.6. The van der Waals surface area contributed by atoms with E-state index in [1.807, 2.05) is 13.8 Å². The Labute approximate surface area is 127 Å². The van der Waals surface area contributed by atoms with Crippen molar-refractivity contribution in [2.24, 2.45) is 0 Å². The van der Waals surface area contributed by atoms with E-state index in [2.05, 4.69) is 15.1 Å². The van der Waals surface area contributed by atoms with E-state index < -0.39 is 17.5 Å². The molecule has 1 saturated heterocycles. The van der Waals surface area contributed by atoms with E-state index in [0.717, 1.165) is 29.6 Å². The summed E-state index contributed by atoms with van der Waals surface area (Å²) in [7, 11) is 0. The first kappa shape index (κ1) is 15.1. The van der Waals surface area contributed by atoms with Gasteiger partial charge in [-0.1, -0.05) is 0 Å². The van der Waals surface area contributed by atoms with Crippen molar-refractivity contribution in [3.63, 3.8) is 0 Å². The second-order valence-electron chi connectivity index (χ2n) is 5.92. The standard InChI is InChI=1S/C16H18F3N3/c1-9-14(10(2)21-20-9)8-22-4-3-11(7-22)13-5-12(17)6-15(18)16(13)19/h5-6,11H,3-4,7-8H2,1-2H3,(H,20,21). The molecule has 0 amide bonds. The van der Waals surface area contributed by atoms with Crippen LogP contribution in [0.1, 0.15) is 34.9 Å². The van der Waals surface area contributed by atoms with Crippen molar-refractivity contribution in [1.29, 1.82) is 0 Å². The fourth-order valence-corrected chi connectivity index (χ4v) is 3.13. The molecule has 1 aromatic heterocycles. The molecule has 0 saturated carbocycles. The van der Waals surface area contributed by atoms with Gasteiger partial charge >= 0.3 is 0 Å². The minimum absolute atomic E-state index is 0.139. The summed E-state index contributed by atoms with van der Waals surface area (Å²) >= 11 is 0. The van der Waals surface area contributed by atoms with Crippen LogP contribution in [0.4, 0.5) is 13.2 Å². The average Bonchev–Trinajstić information content (AvgIpc) is 3.05. The van der Waals surface area contributed by atoms with Gasteiger partial charge in [0.1, 0.15) is 5.82 Å². The molecule has 1 unspecified atom stereocenters. The highest BCUT2D eigenvalue weighted by atomic mass is 19.2. The predicted molar refractivity (Wildman–Crippen MR) is 77.0 cm³/mol. The first-order valence-corrected chi connectivity index (χ1v) is 7.33. The zero-order valence-corrected chi connectivity index (χ0v) is 12.6. The molecule has 6 heteroatoms. The van der Waals surface area contributed by atoms with Crippen molar-refractivity contribution in [1.82, 2.24) is 15.1 Å². The quantitative estimate of drug-likeness (QED) is 0.881. The van der Waals surface area contributed by atoms with Crippen LogP contribution in [0.15, 0.2) is 12.1 Å². The van der Waals surface area contributed by atoms with Crippen molar-refractivity contribution in [3.05, 3.63) is 52.1 Å². The molecule has 0 spiro atoms. The first-order valence-electron chi connectivity index (χ1n) is 7.33. The van der Waals surface area contributed by atoms with Crippen LogP contribution in [0.5, 0.6) is 0 Å². The lowest BCUT2D eigenvalue weighted by Crippen LogP contribution is -2.20. The number of hydrogen-bond acceptors (Lipinski definition) is 2. The van der Waals surface area contributed by atoms with Crippen molar-refractivity contribution < 1.29 is 13.2 Å². The smallest absolute Gasteiger partial charge is 0.162 e. The summed E-state index contributed by atoms with van der Waals surface area (Å²) in [4.78, 5) is 2.16. The van der Waals surface area contributed by atoms with Gasteiger partial charge in [0.05, 0.1) is 5.69 Å². The third kappa shape index (κ3) is 2.75. The normalized spacial score (nSPS) is 19.0. The highest BCUT2D eigenvalue weighted by Crippen LogP contribution is 2.31. The van der Waals surface area contributed by atoms with E-state index in [4.69, 9.17) is 0 Å². The van der Waals surface area contributed by atoms with Crippen LogP contribution in [0.3, 0.4) is 0 Å². The summed E-state index contributed by atoms with van der Waals surface area (Å²) in [5.41, 5.74) is 3.24. The van der Waals surface area contributed by atoms with Gasteiger partial charge in [-0.3, -0.25) is 10.00 Å². The molecule has 118 valence electrons. The van der Waals surface area contributed by atoms with Crippen molar-refractivity contribution in [3.8, 4) is 0 Å². The van der Waals surface area contributed by atoms with Crippen LogP contribution in [0.2, 0.25) is 0 Å². The van der Waals surface area contributed by atoms with Crippen LogP contribution in [0.25, 0.3) is 0 Å². The molecule has 1 fully saturated rings. The number of benzene rings is 1. The maximum atomic E-state index is 13.9. The van der Waals surface area contributed by atoms with E-state index in [1.54, 1.807) is 0 Å². The minimum atomic E-state index is -1.12. The number of aromatic nitrogens is 2. The molecule has 1 aromatic carbocycles. The number of likely N-dealkylation sites (tertiary alicyclic amines) is 1. The number of hydrogen-bond donors (Lipinski definition) is 1. The molecule has 3 nitrogen and oxygen atoms in total. The summed E-state index contributed by atoms with van der Waals surface area (Å²) in [6.45, 7) is 5.97. The molecule has 1 N–H and O–H groups in total. The molecule has 3 rings (SSSR count). The SMILES string of the molecule is Cc1n[nH]c(C)c1CN1CCC(c2cc(F)cc(F)c2F)C1. The molecule has 0 radical (unpaired) electrons. The van der Waals surface area contributed by atoms with Crippen LogP contribution >= 0.6 is 0 Å². The third-order valence-electron chi connectivity index (χ3n) is 4.40. The summed E-state index contributed by atoms with van der Waals surface area (Å²) in [6.07, 6.45) is 0.690. The zero-order chi connectivity index (χ0) is 15.9. The number of aromatic amines is 1. The Bertz CT molecular complexity index is 677. The van der Waals surface area contributed by atoms with E-state index >= 15 is 0 Å². The summed E-state index contributed by atoms with van der Waals surface area (Å²) < 4.78 is 40.6. The molecule has 1 aliphatic heterocycles. The second-order valence-corrected chi connectivity index (χ2v) is 5.92. The highest BCUT2D eigenvalue weighted by molar-refractivity contribution is 5.27. The first-order chi connectivity index (χ1) is 10.5. The van der Waals surface area contributed by atoms with Crippen molar-refractivity contribution in [2.75, 3.05) is 13.1 Å². The van der Waals surface area contributed by atoms with Crippen molar-refractivity contribution in [2.45, 2.75) is 32.7 Å². The third-order valence-corrected chi connectivity index (χ3v) is 4.40. The fourth-order valence-electron chi connectivity index (χ4n) is 3.13. The Balaban J connectivity index is 1.76. The highest BCUT2D eigenvalue weighted by Gasteiger charge is 2.28. The van der Waals surface area contributed by atoms with Gasteiger partial charge < -0.3 is 0 Å². The summed E-state index contributed by atoms with van der Waals surface area (Å²) in [5.74, 6) is -2.95. The minimum Gasteiger partial charge on any atom is -0.298 e. The van der Waals surface area contributed by atoms with Gasteiger partial charge in [0.25, 0.3) is 0 Å². The van der Waals surface area contributed by atoms with Crippen LogP contribution in [-0.2, 0) is 6.54 Å². The van der Waals surface area contributed by atoms with E-state index in [-0.39, 0.29) is 11.5 Å². The maximum absolute atomic E-state index is 13.9. The number of rotatable bonds is 3. The maximum Gasteiger partial charge on any atom is 0.162 e. The molecule has 22 heavy (non-hydrogen) atoms. The largest absolute Gasteiger partial charge is 0.298 e. The van der Waals surface area contributed by atoms with E-state index in [1.165, 1.54) is 0 Å². The number of H-pyrrole nitrogens is 1. The van der Waals surface area contributed by atoms with Gasteiger partial charge in [0.15, 0.2) is 11.6 Å². The lowest BCUT2D eigenvalue weighted by molar-refractivity contribution is 0.324. The lowest BCUT2D eigenvalue weighted by atomic mass is 9.97. The topological polar surface area (TPSA) is 31.9 Å². The number of nitrogens with zero attached hydrogens (tertiary/aromatic N) is 2. The van der Waals surface area contributed by atoms with Crippen LogP contribution in [0, 0.1) is 31.3 Å². The Morgan fingerprint density at radius 3 is 2.73 bits per heavy atom. The van der Waals surface area contributed by atoms with Crippen LogP contribution < -0.4 is 0 Å². The Hall–Kier alpha value is -1.82.